The summed E-state index contributed by atoms with van der Waals surface area (Å²) in [6.45, 7) is 3.33. The summed E-state index contributed by atoms with van der Waals surface area (Å²) < 4.78 is 43.1. The Bertz CT molecular complexity index is 1120. The van der Waals surface area contributed by atoms with E-state index in [0.717, 1.165) is 10.8 Å². The topological polar surface area (TPSA) is 149 Å². The van der Waals surface area contributed by atoms with Crippen molar-refractivity contribution in [3.05, 3.63) is 58.4 Å². The van der Waals surface area contributed by atoms with Crippen LogP contribution in [0.1, 0.15) is 20.3 Å². The third-order valence-corrected chi connectivity index (χ3v) is 5.99. The molecule has 4 N–H and O–H groups in total. The molecular formula is C21H26FN4O6P. The van der Waals surface area contributed by atoms with Crippen LogP contribution in [0.3, 0.4) is 0 Å². The van der Waals surface area contributed by atoms with Crippen LogP contribution in [0.4, 0.5) is 10.2 Å². The van der Waals surface area contributed by atoms with E-state index in [1.807, 2.05) is 0 Å². The summed E-state index contributed by atoms with van der Waals surface area (Å²) in [7, 11) is -2.92. The number of nitrogens with zero attached hydrogens (tertiary/aromatic N) is 2. The van der Waals surface area contributed by atoms with Gasteiger partial charge in [-0.25, -0.2) is 13.8 Å². The summed E-state index contributed by atoms with van der Waals surface area (Å²) in [5.74, 6) is -1.71. The Kier molecular flexibility index (Phi) is 7.68. The molecule has 3 rings (SSSR count). The number of hydrogen-bond acceptors (Lipinski definition) is 9. The van der Waals surface area contributed by atoms with Crippen molar-refractivity contribution in [2.75, 3.05) is 18.9 Å². The molecular weight excluding hydrogens is 454 g/mol. The number of aromatic nitrogens is 2. The first-order valence-electron chi connectivity index (χ1n) is 10.2. The van der Waals surface area contributed by atoms with Gasteiger partial charge in [0.25, 0.3) is 0 Å². The van der Waals surface area contributed by atoms with E-state index in [9.17, 15) is 18.5 Å². The fourth-order valence-electron chi connectivity index (χ4n) is 2.94. The van der Waals surface area contributed by atoms with Crippen molar-refractivity contribution in [3.63, 3.8) is 0 Å². The zero-order valence-electron chi connectivity index (χ0n) is 18.2. The van der Waals surface area contributed by atoms with Gasteiger partial charge in [-0.2, -0.15) is 4.98 Å². The smallest absolute Gasteiger partial charge is 0.367 e. The molecule has 0 saturated heterocycles. The summed E-state index contributed by atoms with van der Waals surface area (Å²) in [5, 5.41) is 0. The van der Waals surface area contributed by atoms with E-state index in [0.29, 0.717) is 17.7 Å². The number of hydrogen-bond donors (Lipinski definition) is 2. The zero-order chi connectivity index (χ0) is 24.2. The monoisotopic (exact) mass is 480 g/mol. The van der Waals surface area contributed by atoms with Gasteiger partial charge >= 0.3 is 19.9 Å². The number of carbonyl (C=O) groups is 1. The molecule has 10 nitrogen and oxygen atoms in total. The summed E-state index contributed by atoms with van der Waals surface area (Å²) in [5.41, 5.74) is 10.1. The van der Waals surface area contributed by atoms with Crippen molar-refractivity contribution in [2.24, 2.45) is 17.1 Å². The molecule has 2 aromatic rings. The fraction of sp³-hybridized carbons (Fsp3) is 0.381. The summed E-state index contributed by atoms with van der Waals surface area (Å²) in [6, 6.07) is 7.69. The van der Waals surface area contributed by atoms with Crippen LogP contribution in [-0.2, 0) is 18.6 Å². The van der Waals surface area contributed by atoms with Crippen LogP contribution in [-0.4, -0.2) is 34.8 Å². The van der Waals surface area contributed by atoms with Gasteiger partial charge in [0, 0.05) is 6.20 Å². The molecule has 1 aliphatic rings. The van der Waals surface area contributed by atoms with Gasteiger partial charge in [-0.15, -0.1) is 0 Å². The van der Waals surface area contributed by atoms with Crippen molar-refractivity contribution >= 4 is 26.2 Å². The van der Waals surface area contributed by atoms with Crippen molar-refractivity contribution < 1.29 is 27.5 Å². The number of nitrogens with two attached hydrogens (primary N) is 2. The van der Waals surface area contributed by atoms with Crippen molar-refractivity contribution in [3.8, 4) is 5.75 Å². The van der Waals surface area contributed by atoms with Crippen LogP contribution in [0.15, 0.2) is 46.9 Å². The minimum Gasteiger partial charge on any atom is -0.463 e. The van der Waals surface area contributed by atoms with Crippen molar-refractivity contribution in [1.29, 1.82) is 0 Å². The van der Waals surface area contributed by atoms with Gasteiger partial charge < -0.3 is 25.3 Å². The number of esters is 1. The van der Waals surface area contributed by atoms with Crippen LogP contribution in [0, 0.1) is 17.2 Å². The minimum atomic E-state index is -2.92. The molecule has 0 spiro atoms. The van der Waals surface area contributed by atoms with E-state index < -0.39 is 43.0 Å². The molecule has 178 valence electrons. The normalized spacial score (nSPS) is 20.5. The predicted octanol–water partition coefficient (Wildman–Crippen LogP) is 2.21. The molecule has 1 aromatic heterocycles. The van der Waals surface area contributed by atoms with Gasteiger partial charge in [0.1, 0.15) is 18.4 Å². The maximum atomic E-state index is 13.8. The lowest BCUT2D eigenvalue weighted by atomic mass is 10.1. The molecule has 33 heavy (non-hydrogen) atoms. The number of anilines is 1. The summed E-state index contributed by atoms with van der Waals surface area (Å²) in [6.07, 6.45) is 2.62. The van der Waals surface area contributed by atoms with E-state index in [4.69, 9.17) is 25.3 Å². The molecule has 1 fully saturated rings. The molecule has 0 amide bonds. The first kappa shape index (κ1) is 24.6. The third kappa shape index (κ3) is 6.28. The maximum Gasteiger partial charge on any atom is 0.367 e. The second kappa shape index (κ2) is 10.3. The molecule has 1 unspecified atom stereocenters. The first-order chi connectivity index (χ1) is 15.6. The largest absolute Gasteiger partial charge is 0.463 e. The quantitative estimate of drug-likeness (QED) is 0.385. The van der Waals surface area contributed by atoms with Crippen LogP contribution in [0.25, 0.3) is 6.20 Å². The standard InChI is InChI=1S/C21H26FN4O6P/c1-13(2)17(23)19(27)30-11-21(12-31-33(29)32-15-6-4-3-5-7-15)8-14(21)9-26-10-16(22)18(24)25-20(26)28/h3-7,9-10,13,17,33H,8,11-12,23H2,1-2H3,(H2,24,25,28)/b14-9-/t17-,21-/m0/s1. The molecule has 0 bridgehead atoms. The Morgan fingerprint density at radius 2 is 2.03 bits per heavy atom. The highest BCUT2D eigenvalue weighted by Gasteiger charge is 2.51. The van der Waals surface area contributed by atoms with Crippen LogP contribution in [0.5, 0.6) is 5.75 Å². The second-order valence-corrected chi connectivity index (χ2v) is 9.10. The van der Waals surface area contributed by atoms with Gasteiger partial charge in [0.2, 0.25) is 0 Å². The molecule has 3 atom stereocenters. The molecule has 1 aromatic carbocycles. The molecule has 12 heteroatoms. The average Bonchev–Trinajstić information content (AvgIpc) is 3.47. The van der Waals surface area contributed by atoms with E-state index in [-0.39, 0.29) is 19.1 Å². The molecule has 0 aliphatic heterocycles. The van der Waals surface area contributed by atoms with Gasteiger partial charge in [0.05, 0.1) is 18.2 Å². The Labute approximate surface area is 190 Å². The molecule has 1 saturated carbocycles. The van der Waals surface area contributed by atoms with Crippen LogP contribution < -0.4 is 21.7 Å². The number of benzene rings is 1. The van der Waals surface area contributed by atoms with Gasteiger partial charge in [-0.1, -0.05) is 32.0 Å². The highest BCUT2D eigenvalue weighted by atomic mass is 31.1. The summed E-state index contributed by atoms with van der Waals surface area (Å²) >= 11 is 0. The fourth-order valence-corrected chi connectivity index (χ4v) is 3.72. The number of para-hydroxylation sites is 1. The van der Waals surface area contributed by atoms with Gasteiger partial charge in [-0.3, -0.25) is 9.36 Å². The van der Waals surface area contributed by atoms with E-state index in [1.165, 1.54) is 6.20 Å². The maximum absolute atomic E-state index is 13.8. The molecule has 1 aliphatic carbocycles. The number of nitrogen functional groups attached to an aromatic ring is 1. The van der Waals surface area contributed by atoms with E-state index >= 15 is 0 Å². The lowest BCUT2D eigenvalue weighted by molar-refractivity contribution is -0.148. The predicted molar refractivity (Wildman–Crippen MR) is 120 cm³/mol. The second-order valence-electron chi connectivity index (χ2n) is 8.11. The SMILES string of the molecule is CC(C)[C@H](N)C(=O)OC[C@]1(CO[PH](=O)Oc2ccccc2)C/C1=C/n1cc(F)c(N)nc1=O. The molecule has 0 radical (unpaired) electrons. The highest BCUT2D eigenvalue weighted by Crippen LogP contribution is 2.54. The third-order valence-electron chi connectivity index (χ3n) is 5.21. The highest BCUT2D eigenvalue weighted by molar-refractivity contribution is 7.33. The molecule has 1 heterocycles. The number of carbonyl (C=O) groups excluding carboxylic acids is 1. The van der Waals surface area contributed by atoms with Crippen LogP contribution >= 0.6 is 8.25 Å². The van der Waals surface area contributed by atoms with Crippen molar-refractivity contribution in [2.45, 2.75) is 26.3 Å². The Hall–Kier alpha value is -3.01. The number of halogens is 1. The lowest BCUT2D eigenvalue weighted by Gasteiger charge is -2.19. The van der Waals surface area contributed by atoms with Crippen LogP contribution in [0.2, 0.25) is 0 Å². The van der Waals surface area contributed by atoms with E-state index in [1.54, 1.807) is 44.2 Å². The zero-order valence-corrected chi connectivity index (χ0v) is 19.2. The first-order valence-corrected chi connectivity index (χ1v) is 11.4. The number of ether oxygens (including phenoxy) is 1. The Morgan fingerprint density at radius 1 is 1.33 bits per heavy atom. The van der Waals surface area contributed by atoms with E-state index in [2.05, 4.69) is 4.98 Å². The number of rotatable bonds is 10. The average molecular weight is 480 g/mol. The van der Waals surface area contributed by atoms with Gasteiger partial charge in [0.15, 0.2) is 11.6 Å². The minimum absolute atomic E-state index is 0.118. The summed E-state index contributed by atoms with van der Waals surface area (Å²) in [4.78, 5) is 27.7. The lowest BCUT2D eigenvalue weighted by Crippen LogP contribution is -2.38. The van der Waals surface area contributed by atoms with Gasteiger partial charge in [-0.05, 0) is 30.0 Å². The van der Waals surface area contributed by atoms with Crippen molar-refractivity contribution in [1.82, 2.24) is 9.55 Å². The Morgan fingerprint density at radius 3 is 2.70 bits per heavy atom. The Balaban J connectivity index is 1.75.